The van der Waals surface area contributed by atoms with Crippen molar-refractivity contribution in [1.29, 1.82) is 0 Å². The molecule has 9 nitrogen and oxygen atoms in total. The van der Waals surface area contributed by atoms with E-state index in [1.807, 2.05) is 47.3 Å². The fourth-order valence-electron chi connectivity index (χ4n) is 7.21. The van der Waals surface area contributed by atoms with Gasteiger partial charge in [-0.1, -0.05) is 66.8 Å². The molecule has 5 aromatic rings. The summed E-state index contributed by atoms with van der Waals surface area (Å²) in [5.41, 5.74) is 4.08. The second-order valence-electron chi connectivity index (χ2n) is 12.8. The van der Waals surface area contributed by atoms with Gasteiger partial charge in [0, 0.05) is 25.8 Å². The summed E-state index contributed by atoms with van der Waals surface area (Å²) >= 11 is 0. The highest BCUT2D eigenvalue weighted by molar-refractivity contribution is 6.91. The number of ether oxygens (including phenoxy) is 2. The first-order chi connectivity index (χ1) is 21.8. The summed E-state index contributed by atoms with van der Waals surface area (Å²) in [4.78, 5) is 12.9. The number of para-hydroxylation sites is 1. The van der Waals surface area contributed by atoms with Gasteiger partial charge in [0.1, 0.15) is 5.75 Å². The fourth-order valence-corrected chi connectivity index (χ4v) is 11.3. The van der Waals surface area contributed by atoms with E-state index in [2.05, 4.69) is 71.8 Å². The number of hydrogen-bond donors (Lipinski definition) is 2. The summed E-state index contributed by atoms with van der Waals surface area (Å²) in [6.07, 6.45) is 5.37. The SMILES string of the molecule is COc1ccc([Si](C)(C)[C@@H]2[C@@H](C)[C@@H](CCc3ccc(-n4[nH]c5ccccc5c4=O)cc3)O[C@H]2CCn2cc(CCO)nn2)cc1. The Hall–Kier alpha value is -3.99. The molecular weight excluding hydrogens is 583 g/mol. The maximum absolute atomic E-state index is 12.9. The van der Waals surface area contributed by atoms with Crippen LogP contribution in [-0.4, -0.2) is 63.9 Å². The van der Waals surface area contributed by atoms with E-state index in [4.69, 9.17) is 9.47 Å². The van der Waals surface area contributed by atoms with Gasteiger partial charge in [0.05, 0.1) is 49.7 Å². The van der Waals surface area contributed by atoms with Crippen LogP contribution in [-0.2, 0) is 24.1 Å². The largest absolute Gasteiger partial charge is 0.497 e. The third-order valence-electron chi connectivity index (χ3n) is 9.67. The molecule has 0 bridgehead atoms. The third-order valence-corrected chi connectivity index (χ3v) is 14.1. The van der Waals surface area contributed by atoms with Crippen molar-refractivity contribution in [3.63, 3.8) is 0 Å². The highest BCUT2D eigenvalue weighted by Gasteiger charge is 2.50. The van der Waals surface area contributed by atoms with Crippen LogP contribution in [0.3, 0.4) is 0 Å². The van der Waals surface area contributed by atoms with E-state index < -0.39 is 8.07 Å². The lowest BCUT2D eigenvalue weighted by Gasteiger charge is -2.36. The molecule has 2 N–H and O–H groups in total. The van der Waals surface area contributed by atoms with Gasteiger partial charge >= 0.3 is 0 Å². The van der Waals surface area contributed by atoms with Crippen molar-refractivity contribution in [2.45, 2.75) is 70.0 Å². The van der Waals surface area contributed by atoms with E-state index in [1.165, 1.54) is 10.8 Å². The van der Waals surface area contributed by atoms with Crippen LogP contribution in [0.5, 0.6) is 5.75 Å². The van der Waals surface area contributed by atoms with E-state index in [0.29, 0.717) is 23.3 Å². The molecule has 0 amide bonds. The molecule has 1 aliphatic rings. The monoisotopic (exact) mass is 625 g/mol. The van der Waals surface area contributed by atoms with Crippen LogP contribution in [0, 0.1) is 5.92 Å². The third kappa shape index (κ3) is 6.40. The molecule has 3 heterocycles. The van der Waals surface area contributed by atoms with Crippen molar-refractivity contribution in [1.82, 2.24) is 24.8 Å². The smallest absolute Gasteiger partial charge is 0.279 e. The van der Waals surface area contributed by atoms with Gasteiger partial charge in [0.25, 0.3) is 5.56 Å². The Morgan fingerprint density at radius 1 is 0.978 bits per heavy atom. The van der Waals surface area contributed by atoms with Gasteiger partial charge in [-0.05, 0) is 72.7 Å². The van der Waals surface area contributed by atoms with Crippen LogP contribution in [0.2, 0.25) is 18.6 Å². The molecule has 1 aliphatic heterocycles. The van der Waals surface area contributed by atoms with Crippen molar-refractivity contribution < 1.29 is 14.6 Å². The predicted molar refractivity (Wildman–Crippen MR) is 179 cm³/mol. The molecular formula is C35H43N5O4Si. The summed E-state index contributed by atoms with van der Waals surface area (Å²) < 4.78 is 15.9. The number of H-pyrrole nitrogens is 1. The first-order valence-electron chi connectivity index (χ1n) is 15.9. The Bertz CT molecular complexity index is 1780. The number of aliphatic hydroxyl groups is 1. The quantitative estimate of drug-likeness (QED) is 0.192. The number of methoxy groups -OCH3 is 1. The van der Waals surface area contributed by atoms with Crippen molar-refractivity contribution in [2.24, 2.45) is 5.92 Å². The zero-order chi connectivity index (χ0) is 31.6. The number of aryl methyl sites for hydroxylation is 2. The van der Waals surface area contributed by atoms with Crippen LogP contribution in [0.1, 0.15) is 31.0 Å². The van der Waals surface area contributed by atoms with Crippen LogP contribution in [0.15, 0.2) is 83.8 Å². The number of nitrogens with one attached hydrogen (secondary N) is 1. The van der Waals surface area contributed by atoms with Gasteiger partial charge in [-0.2, -0.15) is 0 Å². The lowest BCUT2D eigenvalue weighted by Crippen LogP contribution is -2.50. The molecule has 1 saturated heterocycles. The molecule has 0 spiro atoms. The lowest BCUT2D eigenvalue weighted by molar-refractivity contribution is 0.0250. The maximum Gasteiger partial charge on any atom is 0.279 e. The summed E-state index contributed by atoms with van der Waals surface area (Å²) in [6.45, 7) is 8.09. The van der Waals surface area contributed by atoms with Gasteiger partial charge in [-0.15, -0.1) is 5.10 Å². The van der Waals surface area contributed by atoms with E-state index in [9.17, 15) is 9.90 Å². The van der Waals surface area contributed by atoms with Crippen LogP contribution < -0.4 is 15.5 Å². The van der Waals surface area contributed by atoms with Crippen LogP contribution in [0.4, 0.5) is 0 Å². The zero-order valence-corrected chi connectivity index (χ0v) is 27.5. The Morgan fingerprint density at radius 2 is 1.73 bits per heavy atom. The van der Waals surface area contributed by atoms with Crippen LogP contribution >= 0.6 is 0 Å². The number of aliphatic hydroxyl groups excluding tert-OH is 1. The fraction of sp³-hybridized carbons (Fsp3) is 0.400. The molecule has 4 atom stereocenters. The molecule has 0 radical (unpaired) electrons. The normalized spacial score (nSPS) is 20.2. The Balaban J connectivity index is 1.18. The number of fused-ring (bicyclic) bond motifs is 1. The molecule has 2 aromatic heterocycles. The van der Waals surface area contributed by atoms with Gasteiger partial charge in [0.2, 0.25) is 0 Å². The van der Waals surface area contributed by atoms with E-state index in [0.717, 1.165) is 48.5 Å². The topological polar surface area (TPSA) is 107 Å². The van der Waals surface area contributed by atoms with E-state index in [-0.39, 0.29) is 24.4 Å². The van der Waals surface area contributed by atoms with Gasteiger partial charge < -0.3 is 14.6 Å². The molecule has 0 unspecified atom stereocenters. The number of nitrogens with zero attached hydrogens (tertiary/aromatic N) is 4. The molecule has 45 heavy (non-hydrogen) atoms. The van der Waals surface area contributed by atoms with Crippen molar-refractivity contribution >= 4 is 24.2 Å². The van der Waals surface area contributed by atoms with Gasteiger partial charge in [-0.25, -0.2) is 4.68 Å². The molecule has 10 heteroatoms. The second kappa shape index (κ2) is 13.2. The van der Waals surface area contributed by atoms with Gasteiger partial charge in [-0.3, -0.25) is 14.6 Å². The minimum Gasteiger partial charge on any atom is -0.497 e. The molecule has 0 saturated carbocycles. The Morgan fingerprint density at radius 3 is 2.44 bits per heavy atom. The minimum absolute atomic E-state index is 0.0391. The second-order valence-corrected chi connectivity index (χ2v) is 17.5. The molecule has 236 valence electrons. The van der Waals surface area contributed by atoms with E-state index >= 15 is 0 Å². The Labute approximate surface area is 264 Å². The summed E-state index contributed by atoms with van der Waals surface area (Å²) in [6, 6.07) is 24.5. The summed E-state index contributed by atoms with van der Waals surface area (Å²) in [7, 11) is -0.258. The van der Waals surface area contributed by atoms with Crippen molar-refractivity contribution in [3.05, 3.63) is 101 Å². The lowest BCUT2D eigenvalue weighted by atomic mass is 9.95. The number of hydrogen-bond acceptors (Lipinski definition) is 6. The van der Waals surface area contributed by atoms with Crippen molar-refractivity contribution in [2.75, 3.05) is 13.7 Å². The minimum atomic E-state index is -1.96. The predicted octanol–water partition coefficient (Wildman–Crippen LogP) is 4.87. The molecule has 3 aromatic carbocycles. The standard InChI is InChI=1S/C35H43N5O4Si/c1-24-32(18-11-25-9-12-27(13-10-25)40-35(42)30-7-5-6-8-31(30)37-40)44-33(19-21-39-23-26(20-22-41)36-38-39)34(24)45(3,4)29-16-14-28(43-2)15-17-29/h5-10,12-17,23-24,32-34,37,41H,11,18-22H2,1-4H3/t24-,32+,33-,34+/m0/s1. The average molecular weight is 626 g/mol. The molecule has 0 aliphatic carbocycles. The average Bonchev–Trinajstić information content (AvgIpc) is 3.75. The first kappa shape index (κ1) is 31.0. The number of aromatic nitrogens is 5. The summed E-state index contributed by atoms with van der Waals surface area (Å²) in [5.74, 6) is 1.27. The number of benzene rings is 3. The number of aromatic amines is 1. The highest BCUT2D eigenvalue weighted by atomic mass is 28.3. The first-order valence-corrected chi connectivity index (χ1v) is 18.9. The maximum atomic E-state index is 12.9. The highest BCUT2D eigenvalue weighted by Crippen LogP contribution is 2.46. The van der Waals surface area contributed by atoms with E-state index in [1.54, 1.807) is 11.8 Å². The van der Waals surface area contributed by atoms with Gasteiger partial charge in [0.15, 0.2) is 0 Å². The van der Waals surface area contributed by atoms with Crippen LogP contribution in [0.25, 0.3) is 16.6 Å². The molecule has 6 rings (SSSR count). The molecule has 1 fully saturated rings. The van der Waals surface area contributed by atoms with Crippen molar-refractivity contribution in [3.8, 4) is 11.4 Å². The number of rotatable bonds is 12. The summed E-state index contributed by atoms with van der Waals surface area (Å²) in [5, 5.41) is 23.1. The Kier molecular flexibility index (Phi) is 9.07. The zero-order valence-electron chi connectivity index (χ0n) is 26.5.